The second-order valence-corrected chi connectivity index (χ2v) is 7.22. The van der Waals surface area contributed by atoms with Crippen molar-refractivity contribution in [2.45, 2.75) is 13.5 Å². The molecule has 4 rings (SSSR count). The summed E-state index contributed by atoms with van der Waals surface area (Å²) in [4.78, 5) is 23.7. The van der Waals surface area contributed by atoms with E-state index in [0.29, 0.717) is 42.7 Å². The molecule has 0 aliphatic rings. The minimum absolute atomic E-state index is 0.0253. The fourth-order valence-electron chi connectivity index (χ4n) is 3.21. The number of anilines is 1. The van der Waals surface area contributed by atoms with Crippen molar-refractivity contribution in [3.63, 3.8) is 0 Å². The molecule has 4 aromatic rings. The zero-order valence-corrected chi connectivity index (χ0v) is 17.7. The maximum atomic E-state index is 11.1. The number of hydrogen-bond acceptors (Lipinski definition) is 6. The van der Waals surface area contributed by atoms with Gasteiger partial charge < -0.3 is 20.4 Å². The second kappa shape index (κ2) is 9.74. The number of hydrogen-bond donors (Lipinski definition) is 4. The van der Waals surface area contributed by atoms with Crippen molar-refractivity contribution >= 4 is 28.7 Å². The van der Waals surface area contributed by atoms with Crippen molar-refractivity contribution in [1.29, 1.82) is 5.41 Å². The molecule has 162 valence electrons. The Balaban J connectivity index is 1.60. The Morgan fingerprint density at radius 1 is 1.03 bits per heavy atom. The Labute approximate surface area is 185 Å². The van der Waals surface area contributed by atoms with E-state index in [1.54, 1.807) is 6.07 Å². The first-order chi connectivity index (χ1) is 15.6. The molecule has 2 heterocycles. The first kappa shape index (κ1) is 21.0. The molecule has 0 saturated heterocycles. The molecule has 0 radical (unpaired) electrons. The van der Waals surface area contributed by atoms with Gasteiger partial charge in [-0.2, -0.15) is 0 Å². The number of carbonyl (C=O) groups is 1. The first-order valence-corrected chi connectivity index (χ1v) is 10.3. The highest BCUT2D eigenvalue weighted by Crippen LogP contribution is 2.26. The maximum Gasteiger partial charge on any atom is 0.230 e. The minimum atomic E-state index is -0.0856. The van der Waals surface area contributed by atoms with Crippen molar-refractivity contribution in [3.8, 4) is 11.4 Å². The molecule has 0 spiro atoms. The predicted molar refractivity (Wildman–Crippen MR) is 125 cm³/mol. The number of carbonyl (C=O) groups excluding carboxylic acids is 1. The summed E-state index contributed by atoms with van der Waals surface area (Å²) in [6.07, 6.45) is 0. The van der Waals surface area contributed by atoms with Crippen LogP contribution < -0.4 is 10.6 Å². The summed E-state index contributed by atoms with van der Waals surface area (Å²) in [7, 11) is 0. The molecule has 0 aliphatic carbocycles. The lowest BCUT2D eigenvalue weighted by Gasteiger charge is -2.09. The lowest BCUT2D eigenvalue weighted by molar-refractivity contribution is -0.118. The smallest absolute Gasteiger partial charge is 0.230 e. The topological polar surface area (TPSA) is 116 Å². The number of benzene rings is 2. The van der Waals surface area contributed by atoms with Gasteiger partial charge in [0.05, 0.1) is 5.39 Å². The standard InChI is InChI=1S/C24H24N6O2/c1-16(31)26-12-13-27-23-19-14-20(21(25)32-15-17-8-4-2-5-9-17)28-24(19)30-22(29-23)18-10-6-3-7-11-18/h2-11,14,25H,12-13,15H2,1H3,(H,26,31)(H2,27,28,29,30). The number of amides is 1. The van der Waals surface area contributed by atoms with Crippen LogP contribution >= 0.6 is 0 Å². The third kappa shape index (κ3) is 5.10. The molecule has 0 unspecified atom stereocenters. The normalized spacial score (nSPS) is 10.7. The van der Waals surface area contributed by atoms with E-state index in [1.807, 2.05) is 60.7 Å². The number of rotatable bonds is 8. The van der Waals surface area contributed by atoms with Crippen molar-refractivity contribution in [2.75, 3.05) is 18.4 Å². The monoisotopic (exact) mass is 428 g/mol. The molecule has 1 amide bonds. The zero-order chi connectivity index (χ0) is 22.3. The summed E-state index contributed by atoms with van der Waals surface area (Å²) >= 11 is 0. The SMILES string of the molecule is CC(=O)NCCNc1nc(-c2ccccc2)nc2[nH]c(C(=N)OCc3ccccc3)cc12. The van der Waals surface area contributed by atoms with Crippen LogP contribution in [0.15, 0.2) is 66.7 Å². The molecule has 8 nitrogen and oxygen atoms in total. The van der Waals surface area contributed by atoms with Gasteiger partial charge in [-0.1, -0.05) is 60.7 Å². The Hall–Kier alpha value is -4.20. The number of fused-ring (bicyclic) bond motifs is 1. The number of nitrogens with one attached hydrogen (secondary N) is 4. The Bertz CT molecular complexity index is 1220. The van der Waals surface area contributed by atoms with E-state index in [0.717, 1.165) is 16.5 Å². The molecular formula is C24H24N6O2. The first-order valence-electron chi connectivity index (χ1n) is 10.3. The lowest BCUT2D eigenvalue weighted by atomic mass is 10.2. The van der Waals surface area contributed by atoms with E-state index in [4.69, 9.17) is 10.1 Å². The molecule has 0 bridgehead atoms. The van der Waals surface area contributed by atoms with Crippen molar-refractivity contribution in [2.24, 2.45) is 0 Å². The van der Waals surface area contributed by atoms with Gasteiger partial charge in [0.15, 0.2) is 5.82 Å². The van der Waals surface area contributed by atoms with E-state index in [2.05, 4.69) is 25.6 Å². The zero-order valence-electron chi connectivity index (χ0n) is 17.7. The van der Waals surface area contributed by atoms with Crippen LogP contribution in [0.1, 0.15) is 18.2 Å². The van der Waals surface area contributed by atoms with Crippen molar-refractivity contribution < 1.29 is 9.53 Å². The molecule has 2 aromatic carbocycles. The second-order valence-electron chi connectivity index (χ2n) is 7.22. The predicted octanol–water partition coefficient (Wildman–Crippen LogP) is 3.72. The van der Waals surface area contributed by atoms with Gasteiger partial charge in [-0.05, 0) is 11.6 Å². The number of H-pyrrole nitrogens is 1. The molecular weight excluding hydrogens is 404 g/mol. The Kier molecular flexibility index (Phi) is 6.41. The van der Waals surface area contributed by atoms with Crippen LogP contribution in [0.4, 0.5) is 5.82 Å². The molecule has 2 aromatic heterocycles. The van der Waals surface area contributed by atoms with Crippen molar-refractivity contribution in [3.05, 3.63) is 78.0 Å². The van der Waals surface area contributed by atoms with E-state index < -0.39 is 0 Å². The van der Waals surface area contributed by atoms with Gasteiger partial charge in [0.2, 0.25) is 11.8 Å². The third-order valence-electron chi connectivity index (χ3n) is 4.78. The number of nitrogens with zero attached hydrogens (tertiary/aromatic N) is 2. The van der Waals surface area contributed by atoms with Crippen LogP contribution in [0.25, 0.3) is 22.4 Å². The number of aromatic nitrogens is 3. The maximum absolute atomic E-state index is 11.1. The minimum Gasteiger partial charge on any atom is -0.472 e. The molecule has 32 heavy (non-hydrogen) atoms. The van der Waals surface area contributed by atoms with E-state index >= 15 is 0 Å². The average Bonchev–Trinajstić information content (AvgIpc) is 3.26. The molecule has 0 aliphatic heterocycles. The van der Waals surface area contributed by atoms with Gasteiger partial charge in [-0.3, -0.25) is 10.2 Å². The van der Waals surface area contributed by atoms with Gasteiger partial charge in [0.1, 0.15) is 23.8 Å². The summed E-state index contributed by atoms with van der Waals surface area (Å²) in [6, 6.07) is 21.2. The lowest BCUT2D eigenvalue weighted by Crippen LogP contribution is -2.26. The fraction of sp³-hybridized carbons (Fsp3) is 0.167. The summed E-state index contributed by atoms with van der Waals surface area (Å²) < 4.78 is 5.66. The van der Waals surface area contributed by atoms with E-state index in [1.165, 1.54) is 6.92 Å². The van der Waals surface area contributed by atoms with E-state index in [9.17, 15) is 4.79 Å². The third-order valence-corrected chi connectivity index (χ3v) is 4.78. The van der Waals surface area contributed by atoms with Crippen LogP contribution in [-0.2, 0) is 16.1 Å². The highest BCUT2D eigenvalue weighted by Gasteiger charge is 2.15. The van der Waals surface area contributed by atoms with Gasteiger partial charge in [-0.25, -0.2) is 9.97 Å². The van der Waals surface area contributed by atoms with Gasteiger partial charge in [-0.15, -0.1) is 0 Å². The van der Waals surface area contributed by atoms with E-state index in [-0.39, 0.29) is 11.8 Å². The van der Waals surface area contributed by atoms with Crippen LogP contribution in [-0.4, -0.2) is 39.8 Å². The molecule has 0 fully saturated rings. The Morgan fingerprint density at radius 2 is 1.75 bits per heavy atom. The summed E-state index contributed by atoms with van der Waals surface area (Å²) in [5.41, 5.74) is 2.98. The summed E-state index contributed by atoms with van der Waals surface area (Å²) in [6.45, 7) is 2.75. The molecule has 0 saturated carbocycles. The van der Waals surface area contributed by atoms with Crippen LogP contribution in [0.3, 0.4) is 0 Å². The number of ether oxygens (including phenoxy) is 1. The Morgan fingerprint density at radius 3 is 2.47 bits per heavy atom. The summed E-state index contributed by atoms with van der Waals surface area (Å²) in [5, 5.41) is 15.1. The largest absolute Gasteiger partial charge is 0.472 e. The molecule has 0 atom stereocenters. The quantitative estimate of drug-likeness (QED) is 0.194. The molecule has 8 heteroatoms. The summed E-state index contributed by atoms with van der Waals surface area (Å²) in [5.74, 6) is 1.12. The highest BCUT2D eigenvalue weighted by atomic mass is 16.5. The van der Waals surface area contributed by atoms with Crippen LogP contribution in [0.2, 0.25) is 0 Å². The highest BCUT2D eigenvalue weighted by molar-refractivity contribution is 5.99. The molecule has 4 N–H and O–H groups in total. The van der Waals surface area contributed by atoms with Crippen molar-refractivity contribution in [1.82, 2.24) is 20.3 Å². The van der Waals surface area contributed by atoms with Gasteiger partial charge in [0.25, 0.3) is 0 Å². The van der Waals surface area contributed by atoms with Crippen LogP contribution in [0, 0.1) is 5.41 Å². The van der Waals surface area contributed by atoms with Crippen LogP contribution in [0.5, 0.6) is 0 Å². The van der Waals surface area contributed by atoms with Gasteiger partial charge >= 0.3 is 0 Å². The van der Waals surface area contributed by atoms with Gasteiger partial charge in [0, 0.05) is 25.6 Å². The number of aromatic amines is 1. The fourth-order valence-corrected chi connectivity index (χ4v) is 3.21. The average molecular weight is 428 g/mol.